The second-order valence-corrected chi connectivity index (χ2v) is 5.38. The van der Waals surface area contributed by atoms with Crippen LogP contribution in [0.2, 0.25) is 0 Å². The average molecular weight is 238 g/mol. The molecule has 0 aromatic rings. The first-order valence-electron chi connectivity index (χ1n) is 7.02. The third-order valence-electron chi connectivity index (χ3n) is 3.00. The number of hydrogen-bond acceptors (Lipinski definition) is 1. The molecule has 0 heterocycles. The molecule has 0 aliphatic carbocycles. The van der Waals surface area contributed by atoms with E-state index in [0.29, 0.717) is 11.8 Å². The maximum Gasteiger partial charge on any atom is 0.0966 e. The fraction of sp³-hybridized carbons (Fsp3) is 0.750. The molecule has 0 N–H and O–H groups in total. The third-order valence-corrected chi connectivity index (χ3v) is 3.00. The first-order valence-corrected chi connectivity index (χ1v) is 7.02. The lowest BCUT2D eigenvalue weighted by Gasteiger charge is -2.17. The van der Waals surface area contributed by atoms with Crippen molar-refractivity contribution in [2.75, 3.05) is 0 Å². The Morgan fingerprint density at radius 1 is 0.882 bits per heavy atom. The van der Waals surface area contributed by atoms with Gasteiger partial charge in [-0.15, -0.1) is 0 Å². The third kappa shape index (κ3) is 9.02. The highest BCUT2D eigenvalue weighted by atomic mass is 16.5. The lowest BCUT2D eigenvalue weighted by atomic mass is 10.0. The van der Waals surface area contributed by atoms with Crippen molar-refractivity contribution < 1.29 is 4.74 Å². The molecule has 100 valence electrons. The summed E-state index contributed by atoms with van der Waals surface area (Å²) in [6.45, 7) is 16.9. The number of allylic oxidation sites excluding steroid dienone is 2. The fourth-order valence-corrected chi connectivity index (χ4v) is 2.25. The average Bonchev–Trinajstić information content (AvgIpc) is 2.16. The number of ether oxygens (including phenoxy) is 1. The summed E-state index contributed by atoms with van der Waals surface area (Å²) >= 11 is 0. The highest BCUT2D eigenvalue weighted by molar-refractivity contribution is 4.95. The minimum absolute atomic E-state index is 0.661. The van der Waals surface area contributed by atoms with E-state index in [1.54, 1.807) is 0 Å². The molecule has 1 nitrogen and oxygen atoms in total. The van der Waals surface area contributed by atoms with E-state index in [1.165, 1.54) is 25.7 Å². The van der Waals surface area contributed by atoms with Crippen LogP contribution in [0.25, 0.3) is 0 Å². The second kappa shape index (κ2) is 9.32. The summed E-state index contributed by atoms with van der Waals surface area (Å²) in [6.07, 6.45) is 6.83. The van der Waals surface area contributed by atoms with E-state index >= 15 is 0 Å². The van der Waals surface area contributed by atoms with Crippen LogP contribution >= 0.6 is 0 Å². The predicted octanol–water partition coefficient (Wildman–Crippen LogP) is 5.68. The van der Waals surface area contributed by atoms with Gasteiger partial charge < -0.3 is 4.74 Å². The largest absolute Gasteiger partial charge is 0.467 e. The van der Waals surface area contributed by atoms with Crippen molar-refractivity contribution in [3.8, 4) is 0 Å². The molecule has 0 spiro atoms. The van der Waals surface area contributed by atoms with E-state index in [4.69, 9.17) is 4.74 Å². The summed E-state index contributed by atoms with van der Waals surface area (Å²) in [5.74, 6) is 3.07. The molecule has 0 amide bonds. The summed E-state index contributed by atoms with van der Waals surface area (Å²) < 4.78 is 5.70. The molecule has 1 heteroatoms. The summed E-state index contributed by atoms with van der Waals surface area (Å²) in [5, 5.41) is 0. The first kappa shape index (κ1) is 16.3. The van der Waals surface area contributed by atoms with E-state index < -0.39 is 0 Å². The van der Waals surface area contributed by atoms with Crippen LogP contribution in [0.4, 0.5) is 0 Å². The summed E-state index contributed by atoms with van der Waals surface area (Å²) in [4.78, 5) is 0. The number of rotatable bonds is 10. The van der Waals surface area contributed by atoms with Crippen molar-refractivity contribution in [3.05, 3.63) is 24.7 Å². The zero-order chi connectivity index (χ0) is 13.3. The van der Waals surface area contributed by atoms with Gasteiger partial charge in [-0.3, -0.25) is 0 Å². The van der Waals surface area contributed by atoms with E-state index in [1.807, 2.05) is 0 Å². The molecule has 0 radical (unpaired) electrons. The van der Waals surface area contributed by atoms with Gasteiger partial charge in [0.15, 0.2) is 0 Å². The van der Waals surface area contributed by atoms with Crippen LogP contribution in [0.1, 0.15) is 66.2 Å². The number of hydrogen-bond donors (Lipinski definition) is 0. The molecule has 0 aliphatic heterocycles. The maximum absolute atomic E-state index is 5.70. The topological polar surface area (TPSA) is 9.23 Å². The Kier molecular flexibility index (Phi) is 8.93. The van der Waals surface area contributed by atoms with Crippen molar-refractivity contribution in [3.63, 3.8) is 0 Å². The smallest absolute Gasteiger partial charge is 0.0966 e. The maximum atomic E-state index is 5.70. The Morgan fingerprint density at radius 2 is 1.24 bits per heavy atom. The quantitative estimate of drug-likeness (QED) is 0.445. The lowest BCUT2D eigenvalue weighted by Crippen LogP contribution is -2.02. The fourth-order valence-electron chi connectivity index (χ4n) is 2.25. The van der Waals surface area contributed by atoms with Crippen LogP contribution in [-0.4, -0.2) is 0 Å². The van der Waals surface area contributed by atoms with Gasteiger partial charge in [-0.05, 0) is 11.8 Å². The molecule has 0 rings (SSSR count). The molecule has 2 atom stereocenters. The van der Waals surface area contributed by atoms with Gasteiger partial charge in [0.05, 0.1) is 11.5 Å². The molecule has 0 fully saturated rings. The van der Waals surface area contributed by atoms with Gasteiger partial charge in [0, 0.05) is 12.8 Å². The SMILES string of the molecule is C=C(CC(C)CCC)OC(=C)CC(C)CCC. The van der Waals surface area contributed by atoms with Gasteiger partial charge in [-0.1, -0.05) is 66.5 Å². The van der Waals surface area contributed by atoms with Crippen molar-refractivity contribution in [2.24, 2.45) is 11.8 Å². The molecule has 0 aliphatic rings. The first-order chi connectivity index (χ1) is 7.99. The minimum Gasteiger partial charge on any atom is -0.467 e. The Hall–Kier alpha value is -0.720. The zero-order valence-corrected chi connectivity index (χ0v) is 12.2. The van der Waals surface area contributed by atoms with Crippen LogP contribution in [0.5, 0.6) is 0 Å². The normalized spacial score (nSPS) is 14.1. The molecule has 2 unspecified atom stereocenters. The summed E-state index contributed by atoms with van der Waals surface area (Å²) in [5.41, 5.74) is 0. The molecule has 17 heavy (non-hydrogen) atoms. The van der Waals surface area contributed by atoms with E-state index in [2.05, 4.69) is 40.9 Å². The Balaban J connectivity index is 3.83. The molecule has 0 saturated carbocycles. The predicted molar refractivity (Wildman–Crippen MR) is 76.7 cm³/mol. The van der Waals surface area contributed by atoms with Gasteiger partial charge in [-0.25, -0.2) is 0 Å². The zero-order valence-electron chi connectivity index (χ0n) is 12.2. The van der Waals surface area contributed by atoms with E-state index in [0.717, 1.165) is 24.4 Å². The van der Waals surface area contributed by atoms with Gasteiger partial charge in [0.25, 0.3) is 0 Å². The summed E-state index contributed by atoms with van der Waals surface area (Å²) in [7, 11) is 0. The van der Waals surface area contributed by atoms with Crippen molar-refractivity contribution >= 4 is 0 Å². The summed E-state index contributed by atoms with van der Waals surface area (Å²) in [6, 6.07) is 0. The molecular formula is C16H30O. The van der Waals surface area contributed by atoms with Gasteiger partial charge in [0.2, 0.25) is 0 Å². The standard InChI is InChI=1S/C16H30O/c1-7-9-13(3)11-15(5)17-16(6)12-14(4)10-8-2/h13-14H,5-12H2,1-4H3. The van der Waals surface area contributed by atoms with Crippen LogP contribution in [0, 0.1) is 11.8 Å². The second-order valence-electron chi connectivity index (χ2n) is 5.38. The van der Waals surface area contributed by atoms with Crippen molar-refractivity contribution in [2.45, 2.75) is 66.2 Å². The molecule has 0 aromatic carbocycles. The van der Waals surface area contributed by atoms with Crippen molar-refractivity contribution in [1.82, 2.24) is 0 Å². The van der Waals surface area contributed by atoms with Crippen LogP contribution in [0.3, 0.4) is 0 Å². The van der Waals surface area contributed by atoms with Gasteiger partial charge in [0.1, 0.15) is 0 Å². The van der Waals surface area contributed by atoms with Crippen LogP contribution in [-0.2, 0) is 4.74 Å². The molecular weight excluding hydrogens is 208 g/mol. The van der Waals surface area contributed by atoms with Gasteiger partial charge in [-0.2, -0.15) is 0 Å². The molecule has 0 aromatic heterocycles. The molecule has 0 saturated heterocycles. The lowest BCUT2D eigenvalue weighted by molar-refractivity contribution is 0.250. The Labute approximate surface area is 108 Å². The highest BCUT2D eigenvalue weighted by Gasteiger charge is 2.08. The Morgan fingerprint density at radius 3 is 1.53 bits per heavy atom. The van der Waals surface area contributed by atoms with Gasteiger partial charge >= 0.3 is 0 Å². The monoisotopic (exact) mass is 238 g/mol. The van der Waals surface area contributed by atoms with E-state index in [-0.39, 0.29) is 0 Å². The molecule has 0 bridgehead atoms. The van der Waals surface area contributed by atoms with Crippen LogP contribution in [0.15, 0.2) is 24.7 Å². The van der Waals surface area contributed by atoms with Crippen LogP contribution < -0.4 is 0 Å². The highest BCUT2D eigenvalue weighted by Crippen LogP contribution is 2.22. The minimum atomic E-state index is 0.661. The van der Waals surface area contributed by atoms with Crippen molar-refractivity contribution in [1.29, 1.82) is 0 Å². The Bertz CT molecular complexity index is 206. The van der Waals surface area contributed by atoms with E-state index in [9.17, 15) is 0 Å².